The maximum Gasteiger partial charge on any atom is 0.251 e. The standard InChI is InChI=1S/C19H23N3O2/c1-15-20-11-13-22(15)12-5-10-21-18(23)17-7-4-6-16(14-17)8-9-19(2,3)24/h4,6-7,11,13-14,24H,5,10,12H2,1-3H3,(H,21,23). The number of aryl methyl sites for hydroxylation is 2. The van der Waals surface area contributed by atoms with E-state index in [4.69, 9.17) is 0 Å². The summed E-state index contributed by atoms with van der Waals surface area (Å²) in [7, 11) is 0. The molecule has 0 atom stereocenters. The summed E-state index contributed by atoms with van der Waals surface area (Å²) in [6.07, 6.45) is 4.54. The predicted octanol–water partition coefficient (Wildman–Crippen LogP) is 2.13. The van der Waals surface area contributed by atoms with E-state index >= 15 is 0 Å². The summed E-state index contributed by atoms with van der Waals surface area (Å²) >= 11 is 0. The second kappa shape index (κ2) is 7.80. The van der Waals surface area contributed by atoms with Crippen LogP contribution in [-0.2, 0) is 6.54 Å². The van der Waals surface area contributed by atoms with E-state index in [1.807, 2.05) is 19.2 Å². The molecule has 1 amide bonds. The number of hydrogen-bond donors (Lipinski definition) is 2. The summed E-state index contributed by atoms with van der Waals surface area (Å²) < 4.78 is 2.05. The molecule has 0 unspecified atom stereocenters. The molecule has 0 aliphatic rings. The van der Waals surface area contributed by atoms with Crippen LogP contribution < -0.4 is 5.32 Å². The molecule has 2 N–H and O–H groups in total. The minimum absolute atomic E-state index is 0.121. The monoisotopic (exact) mass is 325 g/mol. The fraction of sp³-hybridized carbons (Fsp3) is 0.368. The van der Waals surface area contributed by atoms with Crippen LogP contribution in [0.1, 0.15) is 42.0 Å². The predicted molar refractivity (Wildman–Crippen MR) is 93.5 cm³/mol. The Kier molecular flexibility index (Phi) is 5.78. The summed E-state index contributed by atoms with van der Waals surface area (Å²) in [5, 5.41) is 12.5. The van der Waals surface area contributed by atoms with E-state index in [0.29, 0.717) is 17.7 Å². The van der Waals surface area contributed by atoms with E-state index in [-0.39, 0.29) is 5.91 Å². The van der Waals surface area contributed by atoms with Gasteiger partial charge in [0.25, 0.3) is 5.91 Å². The normalized spacial score (nSPS) is 10.8. The summed E-state index contributed by atoms with van der Waals surface area (Å²) in [6.45, 7) is 6.62. The third kappa shape index (κ3) is 5.56. The lowest BCUT2D eigenvalue weighted by Crippen LogP contribution is -2.25. The molecule has 24 heavy (non-hydrogen) atoms. The van der Waals surface area contributed by atoms with Crippen LogP contribution in [0.15, 0.2) is 36.7 Å². The van der Waals surface area contributed by atoms with Crippen molar-refractivity contribution >= 4 is 5.91 Å². The van der Waals surface area contributed by atoms with Crippen molar-refractivity contribution < 1.29 is 9.90 Å². The zero-order valence-electron chi connectivity index (χ0n) is 14.3. The first kappa shape index (κ1) is 17.8. The van der Waals surface area contributed by atoms with Gasteiger partial charge in [-0.3, -0.25) is 4.79 Å². The van der Waals surface area contributed by atoms with Gasteiger partial charge in [-0.15, -0.1) is 0 Å². The minimum Gasteiger partial charge on any atom is -0.378 e. The number of nitrogens with one attached hydrogen (secondary N) is 1. The van der Waals surface area contributed by atoms with Gasteiger partial charge in [-0.1, -0.05) is 17.9 Å². The average molecular weight is 325 g/mol. The van der Waals surface area contributed by atoms with Gasteiger partial charge >= 0.3 is 0 Å². The van der Waals surface area contributed by atoms with Crippen molar-refractivity contribution in [2.45, 2.75) is 39.3 Å². The molecule has 1 aromatic carbocycles. The van der Waals surface area contributed by atoms with Crippen LogP contribution in [0, 0.1) is 18.8 Å². The van der Waals surface area contributed by atoms with E-state index in [1.54, 1.807) is 38.2 Å². The fourth-order valence-electron chi connectivity index (χ4n) is 2.16. The van der Waals surface area contributed by atoms with Crippen LogP contribution in [-0.4, -0.2) is 32.7 Å². The Morgan fingerprint density at radius 2 is 2.21 bits per heavy atom. The Hall–Kier alpha value is -2.58. The van der Waals surface area contributed by atoms with Gasteiger partial charge in [0.1, 0.15) is 11.4 Å². The highest BCUT2D eigenvalue weighted by Crippen LogP contribution is 2.06. The largest absolute Gasteiger partial charge is 0.378 e. The number of carbonyl (C=O) groups is 1. The molecule has 0 aliphatic heterocycles. The zero-order chi connectivity index (χ0) is 17.6. The van der Waals surface area contributed by atoms with Crippen molar-refractivity contribution in [3.63, 3.8) is 0 Å². The first-order valence-electron chi connectivity index (χ1n) is 7.97. The fourth-order valence-corrected chi connectivity index (χ4v) is 2.16. The van der Waals surface area contributed by atoms with Crippen LogP contribution in [0.4, 0.5) is 0 Å². The quantitative estimate of drug-likeness (QED) is 0.654. The summed E-state index contributed by atoms with van der Waals surface area (Å²) in [5.74, 6) is 6.47. The number of rotatable bonds is 5. The lowest BCUT2D eigenvalue weighted by atomic mass is 10.1. The van der Waals surface area contributed by atoms with Gasteiger partial charge in [-0.05, 0) is 45.4 Å². The lowest BCUT2D eigenvalue weighted by Gasteiger charge is -2.08. The van der Waals surface area contributed by atoms with Gasteiger partial charge in [-0.2, -0.15) is 0 Å². The van der Waals surface area contributed by atoms with Crippen molar-refractivity contribution in [2.75, 3.05) is 6.54 Å². The lowest BCUT2D eigenvalue weighted by molar-refractivity contribution is 0.0952. The van der Waals surface area contributed by atoms with Gasteiger partial charge in [0, 0.05) is 36.6 Å². The molecule has 1 aromatic heterocycles. The van der Waals surface area contributed by atoms with Crippen LogP contribution in [0.5, 0.6) is 0 Å². The summed E-state index contributed by atoms with van der Waals surface area (Å²) in [5.41, 5.74) is 0.221. The van der Waals surface area contributed by atoms with Crippen LogP contribution in [0.2, 0.25) is 0 Å². The van der Waals surface area contributed by atoms with E-state index < -0.39 is 5.60 Å². The molecule has 2 rings (SSSR count). The number of aromatic nitrogens is 2. The first-order valence-corrected chi connectivity index (χ1v) is 7.97. The van der Waals surface area contributed by atoms with E-state index in [1.165, 1.54) is 0 Å². The number of carbonyl (C=O) groups excluding carboxylic acids is 1. The molecule has 5 heteroatoms. The molecule has 0 saturated carbocycles. The Labute approximate surface area is 142 Å². The number of amides is 1. The van der Waals surface area contributed by atoms with Crippen molar-refractivity contribution in [3.8, 4) is 11.8 Å². The highest BCUT2D eigenvalue weighted by Gasteiger charge is 2.07. The molecule has 2 aromatic rings. The zero-order valence-corrected chi connectivity index (χ0v) is 14.3. The average Bonchev–Trinajstić information content (AvgIpc) is 2.94. The Bertz CT molecular complexity index is 761. The molecule has 126 valence electrons. The Morgan fingerprint density at radius 1 is 1.42 bits per heavy atom. The summed E-state index contributed by atoms with van der Waals surface area (Å²) in [4.78, 5) is 16.4. The van der Waals surface area contributed by atoms with Crippen molar-refractivity contribution in [3.05, 3.63) is 53.6 Å². The van der Waals surface area contributed by atoms with Crippen LogP contribution in [0.3, 0.4) is 0 Å². The molecule has 0 bridgehead atoms. The minimum atomic E-state index is -1.05. The highest BCUT2D eigenvalue weighted by molar-refractivity contribution is 5.94. The molecule has 0 saturated heterocycles. The van der Waals surface area contributed by atoms with E-state index in [2.05, 4.69) is 26.7 Å². The van der Waals surface area contributed by atoms with Gasteiger partial charge in [0.2, 0.25) is 0 Å². The van der Waals surface area contributed by atoms with Gasteiger partial charge < -0.3 is 15.0 Å². The molecule has 0 radical (unpaired) electrons. The third-order valence-electron chi connectivity index (χ3n) is 3.42. The van der Waals surface area contributed by atoms with Crippen molar-refractivity contribution in [2.24, 2.45) is 0 Å². The van der Waals surface area contributed by atoms with Gasteiger partial charge in [0.05, 0.1) is 0 Å². The Morgan fingerprint density at radius 3 is 2.88 bits per heavy atom. The molecular weight excluding hydrogens is 302 g/mol. The highest BCUT2D eigenvalue weighted by atomic mass is 16.3. The first-order chi connectivity index (χ1) is 11.3. The second-order valence-electron chi connectivity index (χ2n) is 6.17. The molecular formula is C19H23N3O2. The topological polar surface area (TPSA) is 67.2 Å². The van der Waals surface area contributed by atoms with Gasteiger partial charge in [0.15, 0.2) is 0 Å². The number of nitrogens with zero attached hydrogens (tertiary/aromatic N) is 2. The summed E-state index contributed by atoms with van der Waals surface area (Å²) in [6, 6.07) is 7.09. The van der Waals surface area contributed by atoms with E-state index in [9.17, 15) is 9.90 Å². The maximum atomic E-state index is 12.2. The molecule has 5 nitrogen and oxygen atoms in total. The molecule has 0 aliphatic carbocycles. The van der Waals surface area contributed by atoms with Gasteiger partial charge in [-0.25, -0.2) is 4.98 Å². The maximum absolute atomic E-state index is 12.2. The number of hydrogen-bond acceptors (Lipinski definition) is 3. The van der Waals surface area contributed by atoms with Crippen LogP contribution in [0.25, 0.3) is 0 Å². The number of benzene rings is 1. The van der Waals surface area contributed by atoms with Crippen molar-refractivity contribution in [1.82, 2.24) is 14.9 Å². The van der Waals surface area contributed by atoms with E-state index in [0.717, 1.165) is 18.8 Å². The smallest absolute Gasteiger partial charge is 0.251 e. The molecule has 0 fully saturated rings. The third-order valence-corrected chi connectivity index (χ3v) is 3.42. The number of aliphatic hydroxyl groups is 1. The van der Waals surface area contributed by atoms with Crippen LogP contribution >= 0.6 is 0 Å². The second-order valence-corrected chi connectivity index (χ2v) is 6.17. The Balaban J connectivity index is 1.88. The molecule has 1 heterocycles. The van der Waals surface area contributed by atoms with Crippen molar-refractivity contribution in [1.29, 1.82) is 0 Å². The number of imidazole rings is 1. The SMILES string of the molecule is Cc1nccn1CCCNC(=O)c1cccc(C#CC(C)(C)O)c1. The molecule has 0 spiro atoms.